The van der Waals surface area contributed by atoms with E-state index in [9.17, 15) is 4.79 Å². The van der Waals surface area contributed by atoms with E-state index in [0.717, 1.165) is 32.1 Å². The van der Waals surface area contributed by atoms with E-state index in [4.69, 9.17) is 17.3 Å². The quantitative estimate of drug-likeness (QED) is 0.887. The van der Waals surface area contributed by atoms with Crippen molar-refractivity contribution in [1.29, 1.82) is 0 Å². The van der Waals surface area contributed by atoms with Crippen LogP contribution >= 0.6 is 11.6 Å². The Kier molecular flexibility index (Phi) is 4.82. The maximum absolute atomic E-state index is 12.0. The first-order chi connectivity index (χ1) is 9.11. The van der Waals surface area contributed by atoms with Gasteiger partial charge in [-0.15, -0.1) is 0 Å². The molecule has 0 saturated heterocycles. The SMILES string of the molecule is CCCn1ncc(NC2CCC(N)CC2)c(Cl)c1=O. The average Bonchev–Trinajstić information content (AvgIpc) is 2.41. The summed E-state index contributed by atoms with van der Waals surface area (Å²) in [5.41, 5.74) is 6.30. The highest BCUT2D eigenvalue weighted by atomic mass is 35.5. The number of hydrogen-bond donors (Lipinski definition) is 2. The Balaban J connectivity index is 2.09. The van der Waals surface area contributed by atoms with Crippen LogP contribution in [0, 0.1) is 0 Å². The highest BCUT2D eigenvalue weighted by molar-refractivity contribution is 6.32. The van der Waals surface area contributed by atoms with Crippen LogP contribution in [0.1, 0.15) is 39.0 Å². The van der Waals surface area contributed by atoms with E-state index in [2.05, 4.69) is 10.4 Å². The van der Waals surface area contributed by atoms with Gasteiger partial charge in [-0.1, -0.05) is 18.5 Å². The van der Waals surface area contributed by atoms with Crippen LogP contribution in [-0.4, -0.2) is 21.9 Å². The van der Waals surface area contributed by atoms with Gasteiger partial charge < -0.3 is 11.1 Å². The molecule has 6 heteroatoms. The predicted molar refractivity (Wildman–Crippen MR) is 77.7 cm³/mol. The Hall–Kier alpha value is -1.07. The lowest BCUT2D eigenvalue weighted by Crippen LogP contribution is -2.33. The van der Waals surface area contributed by atoms with Crippen LogP contribution in [-0.2, 0) is 6.54 Å². The zero-order valence-corrected chi connectivity index (χ0v) is 12.0. The number of nitrogens with two attached hydrogens (primary N) is 1. The molecular weight excluding hydrogens is 264 g/mol. The van der Waals surface area contributed by atoms with E-state index >= 15 is 0 Å². The largest absolute Gasteiger partial charge is 0.380 e. The summed E-state index contributed by atoms with van der Waals surface area (Å²) >= 11 is 6.12. The fourth-order valence-corrected chi connectivity index (χ4v) is 2.62. The van der Waals surface area contributed by atoms with Crippen molar-refractivity contribution in [2.75, 3.05) is 5.32 Å². The van der Waals surface area contributed by atoms with Crippen LogP contribution in [0.5, 0.6) is 0 Å². The molecule has 106 valence electrons. The Morgan fingerprint density at radius 2 is 2.16 bits per heavy atom. The fourth-order valence-electron chi connectivity index (χ4n) is 2.42. The average molecular weight is 285 g/mol. The minimum Gasteiger partial charge on any atom is -0.380 e. The van der Waals surface area contributed by atoms with Crippen molar-refractivity contribution in [1.82, 2.24) is 9.78 Å². The number of halogens is 1. The van der Waals surface area contributed by atoms with Crippen molar-refractivity contribution in [2.24, 2.45) is 5.73 Å². The van der Waals surface area contributed by atoms with Crippen LogP contribution < -0.4 is 16.6 Å². The molecule has 0 radical (unpaired) electrons. The fraction of sp³-hybridized carbons (Fsp3) is 0.692. The number of aromatic nitrogens is 2. The maximum Gasteiger partial charge on any atom is 0.287 e. The van der Waals surface area contributed by atoms with Gasteiger partial charge in [-0.3, -0.25) is 4.79 Å². The first kappa shape index (κ1) is 14.3. The third-order valence-corrected chi connectivity index (χ3v) is 3.92. The number of nitrogens with zero attached hydrogens (tertiary/aromatic N) is 2. The molecule has 1 aromatic heterocycles. The first-order valence-corrected chi connectivity index (χ1v) is 7.27. The van der Waals surface area contributed by atoms with E-state index in [-0.39, 0.29) is 10.6 Å². The van der Waals surface area contributed by atoms with E-state index in [1.165, 1.54) is 4.68 Å². The van der Waals surface area contributed by atoms with Crippen LogP contribution in [0.4, 0.5) is 5.69 Å². The van der Waals surface area contributed by atoms with Gasteiger partial charge in [0.05, 0.1) is 11.9 Å². The summed E-state index contributed by atoms with van der Waals surface area (Å²) in [6.07, 6.45) is 6.54. The lowest BCUT2D eigenvalue weighted by molar-refractivity contribution is 0.411. The maximum atomic E-state index is 12.0. The molecule has 0 spiro atoms. The molecule has 1 aliphatic carbocycles. The minimum absolute atomic E-state index is 0.221. The molecule has 19 heavy (non-hydrogen) atoms. The van der Waals surface area contributed by atoms with Gasteiger partial charge in [-0.2, -0.15) is 5.10 Å². The predicted octanol–water partition coefficient (Wildman–Crippen LogP) is 1.99. The molecule has 0 unspecified atom stereocenters. The van der Waals surface area contributed by atoms with Crippen LogP contribution in [0.3, 0.4) is 0 Å². The van der Waals surface area contributed by atoms with E-state index in [1.54, 1.807) is 6.20 Å². The summed E-state index contributed by atoms with van der Waals surface area (Å²) in [4.78, 5) is 12.0. The molecule has 0 aromatic carbocycles. The Bertz CT molecular complexity index is 480. The standard InChI is InChI=1S/C13H21ClN4O/c1-2-7-18-13(19)12(14)11(8-16-18)17-10-5-3-9(15)4-6-10/h8-10,17H,2-7,15H2,1H3. The molecule has 0 bridgehead atoms. The van der Waals surface area contributed by atoms with E-state index < -0.39 is 0 Å². The van der Waals surface area contributed by atoms with Crippen LogP contribution in [0.2, 0.25) is 5.02 Å². The zero-order valence-electron chi connectivity index (χ0n) is 11.2. The first-order valence-electron chi connectivity index (χ1n) is 6.89. The molecule has 0 amide bonds. The number of anilines is 1. The van der Waals surface area contributed by atoms with Crippen molar-refractivity contribution in [3.8, 4) is 0 Å². The lowest BCUT2D eigenvalue weighted by Gasteiger charge is -2.27. The van der Waals surface area contributed by atoms with Crippen molar-refractivity contribution >= 4 is 17.3 Å². The molecule has 1 heterocycles. The summed E-state index contributed by atoms with van der Waals surface area (Å²) in [5.74, 6) is 0. The van der Waals surface area contributed by atoms with Crippen molar-refractivity contribution in [3.63, 3.8) is 0 Å². The highest BCUT2D eigenvalue weighted by Gasteiger charge is 2.20. The molecule has 1 aliphatic rings. The van der Waals surface area contributed by atoms with Crippen LogP contribution in [0.15, 0.2) is 11.0 Å². The van der Waals surface area contributed by atoms with Gasteiger partial charge in [0.25, 0.3) is 5.56 Å². The van der Waals surface area contributed by atoms with Gasteiger partial charge in [0.2, 0.25) is 0 Å². The van der Waals surface area contributed by atoms with Gasteiger partial charge in [0, 0.05) is 18.6 Å². The molecular formula is C13H21ClN4O. The molecule has 1 fully saturated rings. The van der Waals surface area contributed by atoms with E-state index in [1.807, 2.05) is 6.92 Å². The molecule has 0 aliphatic heterocycles. The zero-order chi connectivity index (χ0) is 13.8. The molecule has 2 rings (SSSR count). The Morgan fingerprint density at radius 3 is 2.79 bits per heavy atom. The van der Waals surface area contributed by atoms with Crippen molar-refractivity contribution < 1.29 is 0 Å². The molecule has 3 N–H and O–H groups in total. The van der Waals surface area contributed by atoms with Gasteiger partial charge in [-0.05, 0) is 32.1 Å². The number of rotatable bonds is 4. The number of aryl methyl sites for hydroxylation is 1. The van der Waals surface area contributed by atoms with E-state index in [0.29, 0.717) is 24.3 Å². The third-order valence-electron chi connectivity index (χ3n) is 3.55. The summed E-state index contributed by atoms with van der Waals surface area (Å²) in [6, 6.07) is 0.643. The molecule has 1 saturated carbocycles. The summed E-state index contributed by atoms with van der Waals surface area (Å²) in [5, 5.41) is 7.69. The lowest BCUT2D eigenvalue weighted by atomic mass is 9.92. The number of hydrogen-bond acceptors (Lipinski definition) is 4. The van der Waals surface area contributed by atoms with Crippen LogP contribution in [0.25, 0.3) is 0 Å². The highest BCUT2D eigenvalue weighted by Crippen LogP contribution is 2.23. The minimum atomic E-state index is -0.221. The normalized spacial score (nSPS) is 23.3. The van der Waals surface area contributed by atoms with Crippen molar-refractivity contribution in [2.45, 2.75) is 57.7 Å². The third kappa shape index (κ3) is 3.48. The van der Waals surface area contributed by atoms with Gasteiger partial charge >= 0.3 is 0 Å². The second-order valence-electron chi connectivity index (χ2n) is 5.16. The van der Waals surface area contributed by atoms with Crippen molar-refractivity contribution in [3.05, 3.63) is 21.6 Å². The molecule has 1 aromatic rings. The molecule has 0 atom stereocenters. The smallest absolute Gasteiger partial charge is 0.287 e. The Morgan fingerprint density at radius 1 is 1.47 bits per heavy atom. The summed E-state index contributed by atoms with van der Waals surface area (Å²) in [6.45, 7) is 2.59. The monoisotopic (exact) mass is 284 g/mol. The Labute approximate surface area is 118 Å². The van der Waals surface area contributed by atoms with Gasteiger partial charge in [-0.25, -0.2) is 4.68 Å². The van der Waals surface area contributed by atoms with Gasteiger partial charge in [0.1, 0.15) is 5.02 Å². The topological polar surface area (TPSA) is 72.9 Å². The second kappa shape index (κ2) is 6.39. The number of nitrogens with one attached hydrogen (secondary N) is 1. The second-order valence-corrected chi connectivity index (χ2v) is 5.53. The summed E-state index contributed by atoms with van der Waals surface area (Å²) < 4.78 is 1.41. The molecule has 5 nitrogen and oxygen atoms in total. The van der Waals surface area contributed by atoms with Gasteiger partial charge in [0.15, 0.2) is 0 Å². The summed E-state index contributed by atoms with van der Waals surface area (Å²) in [7, 11) is 0.